The summed E-state index contributed by atoms with van der Waals surface area (Å²) in [5, 5.41) is -0.269. The van der Waals surface area contributed by atoms with Crippen LogP contribution in [0, 0.1) is 5.92 Å². The van der Waals surface area contributed by atoms with Crippen molar-refractivity contribution in [1.29, 1.82) is 0 Å². The summed E-state index contributed by atoms with van der Waals surface area (Å²) in [5.41, 5.74) is 0. The standard InChI is InChI=1S/C12H20Cl2O2/c13-8-12(14)10(9-15)6-7-16-11-4-2-1-3-5-11/h9-12H,1-8H2. The molecule has 4 heteroatoms. The summed E-state index contributed by atoms with van der Waals surface area (Å²) in [6.45, 7) is 0.619. The van der Waals surface area contributed by atoms with Gasteiger partial charge in [-0.25, -0.2) is 0 Å². The van der Waals surface area contributed by atoms with Gasteiger partial charge in [0.25, 0.3) is 0 Å². The van der Waals surface area contributed by atoms with Crippen LogP contribution in [0.2, 0.25) is 0 Å². The van der Waals surface area contributed by atoms with Gasteiger partial charge in [0.05, 0.1) is 11.5 Å². The van der Waals surface area contributed by atoms with Crippen LogP contribution in [0.5, 0.6) is 0 Å². The van der Waals surface area contributed by atoms with Gasteiger partial charge in [0.15, 0.2) is 0 Å². The first-order valence-electron chi connectivity index (χ1n) is 6.05. The molecule has 0 amide bonds. The Balaban J connectivity index is 2.14. The summed E-state index contributed by atoms with van der Waals surface area (Å²) in [6.07, 6.45) is 8.14. The molecule has 0 heterocycles. The van der Waals surface area contributed by atoms with Gasteiger partial charge in [0, 0.05) is 18.4 Å². The Labute approximate surface area is 108 Å². The molecule has 0 aliphatic heterocycles. The highest BCUT2D eigenvalue weighted by atomic mass is 35.5. The fourth-order valence-electron chi connectivity index (χ4n) is 2.05. The van der Waals surface area contributed by atoms with Crippen LogP contribution in [0.4, 0.5) is 0 Å². The summed E-state index contributed by atoms with van der Waals surface area (Å²) in [6, 6.07) is 0. The molecule has 1 rings (SSSR count). The van der Waals surface area contributed by atoms with Gasteiger partial charge < -0.3 is 9.53 Å². The van der Waals surface area contributed by atoms with Gasteiger partial charge in [-0.3, -0.25) is 0 Å². The molecule has 0 aromatic heterocycles. The van der Waals surface area contributed by atoms with Crippen molar-refractivity contribution in [3.8, 4) is 0 Å². The zero-order chi connectivity index (χ0) is 11.8. The van der Waals surface area contributed by atoms with Crippen LogP contribution in [0.3, 0.4) is 0 Å². The summed E-state index contributed by atoms with van der Waals surface area (Å²) in [5.74, 6) is 0.136. The zero-order valence-corrected chi connectivity index (χ0v) is 11.1. The minimum atomic E-state index is -0.269. The first kappa shape index (κ1) is 14.3. The third-order valence-corrected chi connectivity index (χ3v) is 4.11. The van der Waals surface area contributed by atoms with Gasteiger partial charge in [0.2, 0.25) is 0 Å². The molecule has 94 valence electrons. The number of carbonyl (C=O) groups excluding carboxylic acids is 1. The highest BCUT2D eigenvalue weighted by molar-refractivity contribution is 6.28. The molecule has 0 saturated heterocycles. The number of hydrogen-bond acceptors (Lipinski definition) is 2. The van der Waals surface area contributed by atoms with Gasteiger partial charge in [-0.2, -0.15) is 0 Å². The van der Waals surface area contributed by atoms with Crippen LogP contribution in [0.1, 0.15) is 38.5 Å². The molecule has 0 aromatic carbocycles. The predicted octanol–water partition coefficient (Wildman–Crippen LogP) is 3.39. The lowest BCUT2D eigenvalue weighted by atomic mass is 9.97. The lowest BCUT2D eigenvalue weighted by Crippen LogP contribution is -2.23. The monoisotopic (exact) mass is 266 g/mol. The number of carbonyl (C=O) groups is 1. The Bertz CT molecular complexity index is 193. The number of ether oxygens (including phenoxy) is 1. The van der Waals surface area contributed by atoms with Crippen LogP contribution in [0.15, 0.2) is 0 Å². The van der Waals surface area contributed by atoms with Crippen molar-refractivity contribution in [1.82, 2.24) is 0 Å². The topological polar surface area (TPSA) is 26.3 Å². The second-order valence-corrected chi connectivity index (χ2v) is 5.26. The Hall–Kier alpha value is 0.210. The highest BCUT2D eigenvalue weighted by Gasteiger charge is 2.19. The van der Waals surface area contributed by atoms with E-state index >= 15 is 0 Å². The highest BCUT2D eigenvalue weighted by Crippen LogP contribution is 2.21. The zero-order valence-electron chi connectivity index (χ0n) is 9.54. The first-order chi connectivity index (χ1) is 7.77. The van der Waals surface area contributed by atoms with E-state index in [-0.39, 0.29) is 11.3 Å². The maximum atomic E-state index is 10.8. The normalized spacial score (nSPS) is 21.6. The summed E-state index contributed by atoms with van der Waals surface area (Å²) < 4.78 is 5.75. The molecular weight excluding hydrogens is 247 g/mol. The smallest absolute Gasteiger partial charge is 0.124 e. The molecule has 2 unspecified atom stereocenters. The summed E-state index contributed by atoms with van der Waals surface area (Å²) >= 11 is 11.6. The Morgan fingerprint density at radius 2 is 2.00 bits per heavy atom. The van der Waals surface area contributed by atoms with Gasteiger partial charge in [0.1, 0.15) is 6.29 Å². The average molecular weight is 267 g/mol. The van der Waals surface area contributed by atoms with Gasteiger partial charge >= 0.3 is 0 Å². The van der Waals surface area contributed by atoms with Crippen LogP contribution >= 0.6 is 23.2 Å². The van der Waals surface area contributed by atoms with Gasteiger partial charge in [-0.15, -0.1) is 23.2 Å². The molecule has 2 nitrogen and oxygen atoms in total. The molecule has 0 radical (unpaired) electrons. The van der Waals surface area contributed by atoms with Crippen LogP contribution in [0.25, 0.3) is 0 Å². The number of hydrogen-bond donors (Lipinski definition) is 0. The largest absolute Gasteiger partial charge is 0.378 e. The van der Waals surface area contributed by atoms with E-state index in [2.05, 4.69) is 0 Å². The van der Waals surface area contributed by atoms with Gasteiger partial charge in [-0.1, -0.05) is 19.3 Å². The first-order valence-corrected chi connectivity index (χ1v) is 7.02. The van der Waals surface area contributed by atoms with E-state index in [4.69, 9.17) is 27.9 Å². The maximum absolute atomic E-state index is 10.8. The number of rotatable bonds is 7. The van der Waals surface area contributed by atoms with Crippen molar-refractivity contribution >= 4 is 29.5 Å². The number of aldehydes is 1. The van der Waals surface area contributed by atoms with E-state index in [0.717, 1.165) is 19.1 Å². The third-order valence-electron chi connectivity index (χ3n) is 3.14. The van der Waals surface area contributed by atoms with Crippen molar-refractivity contribution in [2.45, 2.75) is 50.0 Å². The molecule has 0 bridgehead atoms. The molecule has 0 N–H and O–H groups in total. The number of halogens is 2. The molecule has 0 aromatic rings. The molecule has 1 aliphatic carbocycles. The molecule has 16 heavy (non-hydrogen) atoms. The molecule has 0 spiro atoms. The van der Waals surface area contributed by atoms with E-state index in [1.54, 1.807) is 0 Å². The van der Waals surface area contributed by atoms with E-state index in [9.17, 15) is 4.79 Å². The van der Waals surface area contributed by atoms with E-state index < -0.39 is 0 Å². The Morgan fingerprint density at radius 1 is 1.31 bits per heavy atom. The molecule has 1 saturated carbocycles. The predicted molar refractivity (Wildman–Crippen MR) is 67.4 cm³/mol. The molecule has 1 aliphatic rings. The average Bonchev–Trinajstić information content (AvgIpc) is 2.35. The summed E-state index contributed by atoms with van der Waals surface area (Å²) in [4.78, 5) is 10.8. The fourth-order valence-corrected chi connectivity index (χ4v) is 2.47. The lowest BCUT2D eigenvalue weighted by Gasteiger charge is -2.23. The third kappa shape index (κ3) is 5.03. The molecular formula is C12H20Cl2O2. The Kier molecular flexibility index (Phi) is 7.42. The summed E-state index contributed by atoms with van der Waals surface area (Å²) in [7, 11) is 0. The maximum Gasteiger partial charge on any atom is 0.124 e. The van der Waals surface area contributed by atoms with E-state index in [1.807, 2.05) is 0 Å². The second-order valence-electron chi connectivity index (χ2n) is 4.39. The van der Waals surface area contributed by atoms with Crippen LogP contribution in [-0.2, 0) is 9.53 Å². The molecule has 2 atom stereocenters. The van der Waals surface area contributed by atoms with Crippen molar-refractivity contribution in [3.63, 3.8) is 0 Å². The second kappa shape index (κ2) is 8.32. The molecule has 1 fully saturated rings. The van der Waals surface area contributed by atoms with Gasteiger partial charge in [-0.05, 0) is 19.3 Å². The van der Waals surface area contributed by atoms with E-state index in [0.29, 0.717) is 25.0 Å². The minimum Gasteiger partial charge on any atom is -0.378 e. The van der Waals surface area contributed by atoms with Crippen molar-refractivity contribution < 1.29 is 9.53 Å². The van der Waals surface area contributed by atoms with Crippen molar-refractivity contribution in [2.75, 3.05) is 12.5 Å². The number of alkyl halides is 2. The SMILES string of the molecule is O=CC(CCOC1CCCCC1)C(Cl)CCl. The van der Waals surface area contributed by atoms with Crippen LogP contribution in [-0.4, -0.2) is 30.3 Å². The van der Waals surface area contributed by atoms with Crippen LogP contribution < -0.4 is 0 Å². The lowest BCUT2D eigenvalue weighted by molar-refractivity contribution is -0.111. The quantitative estimate of drug-likeness (QED) is 0.522. The minimum absolute atomic E-state index is 0.178. The van der Waals surface area contributed by atoms with Crippen molar-refractivity contribution in [2.24, 2.45) is 5.92 Å². The van der Waals surface area contributed by atoms with E-state index in [1.165, 1.54) is 19.3 Å². The Morgan fingerprint density at radius 3 is 2.56 bits per heavy atom. The fraction of sp³-hybridized carbons (Fsp3) is 0.917. The van der Waals surface area contributed by atoms with Crippen molar-refractivity contribution in [3.05, 3.63) is 0 Å².